The van der Waals surface area contributed by atoms with Crippen molar-refractivity contribution in [1.29, 1.82) is 0 Å². The zero-order chi connectivity index (χ0) is 41.1. The molecule has 62 heavy (non-hydrogen) atoms. The van der Waals surface area contributed by atoms with Crippen molar-refractivity contribution < 1.29 is 0 Å². The van der Waals surface area contributed by atoms with Gasteiger partial charge in [-0.25, -0.2) is 0 Å². The van der Waals surface area contributed by atoms with Crippen LogP contribution in [0.3, 0.4) is 0 Å². The number of fused-ring (bicyclic) bond motifs is 13. The molecule has 0 spiro atoms. The summed E-state index contributed by atoms with van der Waals surface area (Å²) in [5, 5.41) is 9.64. The van der Waals surface area contributed by atoms with Crippen LogP contribution in [0.15, 0.2) is 212 Å². The van der Waals surface area contributed by atoms with Crippen molar-refractivity contribution in [3.05, 3.63) is 223 Å². The molecule has 10 aromatic carbocycles. The first-order chi connectivity index (χ1) is 30.5. The Morgan fingerprint density at radius 2 is 0.903 bits per heavy atom. The molecular weight excluding hydrogens is 751 g/mol. The summed E-state index contributed by atoms with van der Waals surface area (Å²) < 4.78 is 7.36. The van der Waals surface area contributed by atoms with E-state index >= 15 is 0 Å². The summed E-state index contributed by atoms with van der Waals surface area (Å²) in [7, 11) is 0. The summed E-state index contributed by atoms with van der Waals surface area (Å²) >= 11 is 0. The molecule has 8 bridgehead atoms. The molecule has 0 radical (unpaired) electrons. The van der Waals surface area contributed by atoms with Gasteiger partial charge >= 0.3 is 0 Å². The maximum Gasteiger partial charge on any atom is 0.0782 e. The van der Waals surface area contributed by atoms with Gasteiger partial charge in [-0.15, -0.1) is 0 Å². The van der Waals surface area contributed by atoms with Gasteiger partial charge in [-0.2, -0.15) is 0 Å². The minimum absolute atomic E-state index is 0.117. The standard InChI is InChI=1S/C59H41N3/c1-59(2)54-22-8-6-19-48(54)49-32-31-47(37-55(49)59)60-43-17-10-13-40(33-43)41-14-11-18-44(34-41)61(46-30-28-39-26-25-38-27-29-45(60)35-52(38)53(39)36-46)57-24-12-21-51-50-20-7-9-23-56(50)62(58(51)57)42-15-4-3-5-16-42/h3-37H,1-2H3. The molecule has 3 nitrogen and oxygen atoms in total. The first kappa shape index (κ1) is 34.9. The lowest BCUT2D eigenvalue weighted by atomic mass is 9.82. The molecule has 12 aromatic rings. The number of benzene rings is 10. The summed E-state index contributed by atoms with van der Waals surface area (Å²) in [6, 6.07) is 79.0. The highest BCUT2D eigenvalue weighted by molar-refractivity contribution is 6.13. The maximum atomic E-state index is 2.47. The van der Waals surface area contributed by atoms with Gasteiger partial charge in [-0.3, -0.25) is 0 Å². The average molecular weight is 792 g/mol. The second kappa shape index (κ2) is 13.1. The number of rotatable bonds is 3. The van der Waals surface area contributed by atoms with Crippen LogP contribution in [0.5, 0.6) is 0 Å². The second-order valence-corrected chi connectivity index (χ2v) is 17.4. The van der Waals surface area contributed by atoms with Crippen molar-refractivity contribution in [2.24, 2.45) is 0 Å². The molecule has 0 fully saturated rings. The Bertz CT molecular complexity index is 3890. The van der Waals surface area contributed by atoms with Crippen LogP contribution in [0, 0.1) is 0 Å². The topological polar surface area (TPSA) is 14.8 Å². The number of hydrogen-bond acceptors (Lipinski definition) is 0. The van der Waals surface area contributed by atoms with E-state index in [1.807, 2.05) is 0 Å². The Kier molecular flexibility index (Phi) is 7.36. The fraction of sp³-hybridized carbons (Fsp3) is 0.0508. The van der Waals surface area contributed by atoms with Gasteiger partial charge < -0.3 is 13.7 Å². The van der Waals surface area contributed by atoms with Gasteiger partial charge in [0.1, 0.15) is 0 Å². The number of aromatic nitrogens is 3. The molecule has 292 valence electrons. The average Bonchev–Trinajstić information content (AvgIpc) is 3.78. The molecular formula is C59H41N3. The van der Waals surface area contributed by atoms with Crippen LogP contribution < -0.4 is 0 Å². The number of hydrogen-bond donors (Lipinski definition) is 0. The van der Waals surface area contributed by atoms with Gasteiger partial charge in [0.25, 0.3) is 0 Å². The van der Waals surface area contributed by atoms with E-state index in [-0.39, 0.29) is 5.41 Å². The smallest absolute Gasteiger partial charge is 0.0782 e. The van der Waals surface area contributed by atoms with Gasteiger partial charge in [0.15, 0.2) is 0 Å². The van der Waals surface area contributed by atoms with E-state index < -0.39 is 0 Å². The lowest BCUT2D eigenvalue weighted by Crippen LogP contribution is -2.15. The van der Waals surface area contributed by atoms with E-state index in [9.17, 15) is 0 Å². The third-order valence-electron chi connectivity index (χ3n) is 13.6. The highest BCUT2D eigenvalue weighted by atomic mass is 15.0. The summed E-state index contributed by atoms with van der Waals surface area (Å²) in [6.07, 6.45) is 0. The zero-order valence-corrected chi connectivity index (χ0v) is 34.5. The minimum atomic E-state index is -0.117. The molecule has 13 rings (SSSR count). The fourth-order valence-corrected chi connectivity index (χ4v) is 10.7. The van der Waals surface area contributed by atoms with Crippen molar-refractivity contribution in [2.45, 2.75) is 19.3 Å². The molecule has 0 unspecified atom stereocenters. The fourth-order valence-electron chi connectivity index (χ4n) is 10.7. The Morgan fingerprint density at radius 3 is 1.66 bits per heavy atom. The molecule has 0 saturated heterocycles. The molecule has 0 saturated carbocycles. The first-order valence-electron chi connectivity index (χ1n) is 21.6. The lowest BCUT2D eigenvalue weighted by Gasteiger charge is -2.22. The predicted molar refractivity (Wildman–Crippen MR) is 262 cm³/mol. The summed E-state index contributed by atoms with van der Waals surface area (Å²) in [5.74, 6) is 0. The normalized spacial score (nSPS) is 13.1. The van der Waals surface area contributed by atoms with Gasteiger partial charge in [-0.1, -0.05) is 141 Å². The van der Waals surface area contributed by atoms with Crippen LogP contribution in [0.4, 0.5) is 0 Å². The first-order valence-corrected chi connectivity index (χ1v) is 21.6. The molecule has 1 aliphatic carbocycles. The Hall–Kier alpha value is -7.88. The van der Waals surface area contributed by atoms with Crippen LogP contribution in [0.1, 0.15) is 25.0 Å². The minimum Gasteiger partial charge on any atom is -0.310 e. The molecule has 1 aliphatic rings. The highest BCUT2D eigenvalue weighted by Crippen LogP contribution is 2.49. The molecule has 0 N–H and O–H groups in total. The Balaban J connectivity index is 1.17. The summed E-state index contributed by atoms with van der Waals surface area (Å²) in [6.45, 7) is 4.73. The zero-order valence-electron chi connectivity index (χ0n) is 34.5. The molecule has 2 aromatic heterocycles. The molecule has 2 heterocycles. The third-order valence-corrected chi connectivity index (χ3v) is 13.6. The van der Waals surface area contributed by atoms with Gasteiger partial charge in [-0.05, 0) is 140 Å². The van der Waals surface area contributed by atoms with Crippen molar-refractivity contribution in [1.82, 2.24) is 13.7 Å². The Morgan fingerprint density at radius 1 is 0.323 bits per heavy atom. The number of nitrogens with zero attached hydrogens (tertiary/aromatic N) is 3. The van der Waals surface area contributed by atoms with E-state index in [0.717, 1.165) is 49.9 Å². The monoisotopic (exact) mass is 791 g/mol. The van der Waals surface area contributed by atoms with Crippen molar-refractivity contribution in [3.8, 4) is 28.2 Å². The van der Waals surface area contributed by atoms with Crippen LogP contribution in [0.2, 0.25) is 0 Å². The van der Waals surface area contributed by atoms with Crippen LogP contribution >= 0.6 is 0 Å². The predicted octanol–water partition coefficient (Wildman–Crippen LogP) is 15.6. The quantitative estimate of drug-likeness (QED) is 0.158. The van der Waals surface area contributed by atoms with Crippen LogP contribution in [0.25, 0.3) is 104 Å². The van der Waals surface area contributed by atoms with E-state index in [2.05, 4.69) is 240 Å². The molecule has 0 aliphatic heterocycles. The maximum absolute atomic E-state index is 2.47. The van der Waals surface area contributed by atoms with Crippen molar-refractivity contribution in [2.75, 3.05) is 0 Å². The number of para-hydroxylation sites is 3. The highest BCUT2D eigenvalue weighted by Gasteiger charge is 2.35. The van der Waals surface area contributed by atoms with E-state index in [1.54, 1.807) is 0 Å². The second-order valence-electron chi connectivity index (χ2n) is 17.4. The molecule has 3 heteroatoms. The van der Waals surface area contributed by atoms with Gasteiger partial charge in [0, 0.05) is 49.6 Å². The van der Waals surface area contributed by atoms with Gasteiger partial charge in [0.2, 0.25) is 0 Å². The van der Waals surface area contributed by atoms with E-state index in [0.29, 0.717) is 0 Å². The van der Waals surface area contributed by atoms with Crippen LogP contribution in [-0.4, -0.2) is 13.7 Å². The summed E-state index contributed by atoms with van der Waals surface area (Å²) in [5.41, 5.74) is 15.5. The van der Waals surface area contributed by atoms with Crippen molar-refractivity contribution >= 4 is 76.2 Å². The Labute approximate surface area is 359 Å². The van der Waals surface area contributed by atoms with E-state index in [1.165, 1.54) is 65.6 Å². The molecule has 0 atom stereocenters. The van der Waals surface area contributed by atoms with Crippen LogP contribution in [-0.2, 0) is 5.41 Å². The molecule has 0 amide bonds. The SMILES string of the molecule is CC1(C)c2ccccc2-c2ccc(-n3c4cccc(c4)c4cccc(c4)n(-c4cccc5c6ccccc6n(-c6ccccc6)c45)c4ccc5ccc6ccc3cc6c5c4)cc21. The van der Waals surface area contributed by atoms with Crippen molar-refractivity contribution in [3.63, 3.8) is 0 Å². The summed E-state index contributed by atoms with van der Waals surface area (Å²) in [4.78, 5) is 0. The van der Waals surface area contributed by atoms with Gasteiger partial charge in [0.05, 0.1) is 16.7 Å². The third kappa shape index (κ3) is 5.06. The lowest BCUT2D eigenvalue weighted by molar-refractivity contribution is 0.660. The largest absolute Gasteiger partial charge is 0.310 e. The van der Waals surface area contributed by atoms with E-state index in [4.69, 9.17) is 0 Å².